The molecule has 0 atom stereocenters. The second-order valence-electron chi connectivity index (χ2n) is 6.77. The Bertz CT molecular complexity index is 1020. The average molecular weight is 432 g/mol. The van der Waals surface area contributed by atoms with E-state index in [1.165, 1.54) is 4.90 Å². The lowest BCUT2D eigenvalue weighted by Crippen LogP contribution is -2.27. The highest BCUT2D eigenvalue weighted by Gasteiger charge is 2.36. The molecule has 0 unspecified atom stereocenters. The Morgan fingerprint density at radius 2 is 1.93 bits per heavy atom. The summed E-state index contributed by atoms with van der Waals surface area (Å²) in [5, 5.41) is 0.0604. The Labute approximate surface area is 177 Å². The van der Waals surface area contributed by atoms with Gasteiger partial charge in [-0.3, -0.25) is 14.5 Å². The molecule has 0 radical (unpaired) electrons. The van der Waals surface area contributed by atoms with Crippen LogP contribution < -0.4 is 14.2 Å². The molecular formula is C21H18ClNO5S. The SMILES string of the molecule is CC(C)Oc1ccccc1/C=C1\SC(=O)N(Cc2cc3c(cc2Cl)OCO3)C1=O. The molecule has 1 saturated heterocycles. The molecule has 1 fully saturated rings. The average Bonchev–Trinajstić information content (AvgIpc) is 3.22. The van der Waals surface area contributed by atoms with Gasteiger partial charge in [-0.1, -0.05) is 29.8 Å². The second kappa shape index (κ2) is 8.00. The van der Waals surface area contributed by atoms with Gasteiger partial charge in [0.1, 0.15) is 5.75 Å². The number of nitrogens with zero attached hydrogens (tertiary/aromatic N) is 1. The van der Waals surface area contributed by atoms with E-state index in [-0.39, 0.29) is 30.6 Å². The molecular weight excluding hydrogens is 414 g/mol. The number of para-hydroxylation sites is 1. The van der Waals surface area contributed by atoms with E-state index in [0.717, 1.165) is 17.3 Å². The van der Waals surface area contributed by atoms with Crippen molar-refractivity contribution in [1.29, 1.82) is 0 Å². The van der Waals surface area contributed by atoms with Crippen molar-refractivity contribution >= 4 is 40.6 Å². The number of benzene rings is 2. The first-order valence-corrected chi connectivity index (χ1v) is 10.2. The third kappa shape index (κ3) is 4.06. The van der Waals surface area contributed by atoms with Crippen LogP contribution in [0.25, 0.3) is 6.08 Å². The van der Waals surface area contributed by atoms with Crippen molar-refractivity contribution in [2.75, 3.05) is 6.79 Å². The number of rotatable bonds is 5. The molecule has 2 aromatic carbocycles. The first kappa shape index (κ1) is 19.7. The van der Waals surface area contributed by atoms with Gasteiger partial charge in [-0.25, -0.2) is 0 Å². The van der Waals surface area contributed by atoms with Gasteiger partial charge in [0.15, 0.2) is 11.5 Å². The van der Waals surface area contributed by atoms with E-state index in [9.17, 15) is 9.59 Å². The number of amides is 2. The van der Waals surface area contributed by atoms with Crippen LogP contribution in [0.2, 0.25) is 5.02 Å². The Kier molecular flexibility index (Phi) is 5.43. The fourth-order valence-corrected chi connectivity index (χ4v) is 4.03. The van der Waals surface area contributed by atoms with Gasteiger partial charge in [0.2, 0.25) is 6.79 Å². The minimum atomic E-state index is -0.368. The smallest absolute Gasteiger partial charge is 0.293 e. The Morgan fingerprint density at radius 3 is 2.69 bits per heavy atom. The largest absolute Gasteiger partial charge is 0.490 e. The van der Waals surface area contributed by atoms with Crippen molar-refractivity contribution < 1.29 is 23.8 Å². The molecule has 8 heteroatoms. The lowest BCUT2D eigenvalue weighted by molar-refractivity contribution is -0.123. The normalized spacial score (nSPS) is 17.0. The van der Waals surface area contributed by atoms with Crippen molar-refractivity contribution in [3.05, 3.63) is 57.5 Å². The van der Waals surface area contributed by atoms with Crippen molar-refractivity contribution in [2.45, 2.75) is 26.5 Å². The van der Waals surface area contributed by atoms with E-state index in [4.69, 9.17) is 25.8 Å². The maximum Gasteiger partial charge on any atom is 0.293 e. The predicted octanol–water partition coefficient (Wildman–Crippen LogP) is 5.09. The van der Waals surface area contributed by atoms with Crippen LogP contribution >= 0.6 is 23.4 Å². The molecule has 0 saturated carbocycles. The van der Waals surface area contributed by atoms with E-state index in [1.807, 2.05) is 38.1 Å². The molecule has 2 heterocycles. The summed E-state index contributed by atoms with van der Waals surface area (Å²) in [6, 6.07) is 10.7. The third-order valence-corrected chi connectivity index (χ3v) is 5.57. The summed E-state index contributed by atoms with van der Waals surface area (Å²) < 4.78 is 16.4. The van der Waals surface area contributed by atoms with Crippen LogP contribution in [0, 0.1) is 0 Å². The van der Waals surface area contributed by atoms with Crippen molar-refractivity contribution in [2.24, 2.45) is 0 Å². The maximum absolute atomic E-state index is 12.9. The maximum atomic E-state index is 12.9. The lowest BCUT2D eigenvalue weighted by Gasteiger charge is -2.14. The second-order valence-corrected chi connectivity index (χ2v) is 8.17. The van der Waals surface area contributed by atoms with Crippen molar-refractivity contribution in [3.63, 3.8) is 0 Å². The molecule has 0 spiro atoms. The van der Waals surface area contributed by atoms with Gasteiger partial charge in [0, 0.05) is 16.7 Å². The number of hydrogen-bond acceptors (Lipinski definition) is 6. The summed E-state index contributed by atoms with van der Waals surface area (Å²) in [6.07, 6.45) is 1.68. The summed E-state index contributed by atoms with van der Waals surface area (Å²) >= 11 is 7.19. The quantitative estimate of drug-likeness (QED) is 0.614. The topological polar surface area (TPSA) is 65.1 Å². The number of thioether (sulfide) groups is 1. The minimum Gasteiger partial charge on any atom is -0.490 e. The van der Waals surface area contributed by atoms with Crippen molar-refractivity contribution in [1.82, 2.24) is 4.90 Å². The van der Waals surface area contributed by atoms with Crippen LogP contribution in [-0.2, 0) is 11.3 Å². The molecule has 0 bridgehead atoms. The van der Waals surface area contributed by atoms with Gasteiger partial charge in [-0.15, -0.1) is 0 Å². The summed E-state index contributed by atoms with van der Waals surface area (Å²) in [5.74, 6) is 1.39. The predicted molar refractivity (Wildman–Crippen MR) is 111 cm³/mol. The standard InChI is InChI=1S/C21H18ClNO5S/c1-12(2)28-16-6-4-3-5-13(16)8-19-20(24)23(21(25)29-19)10-14-7-17-18(9-15(14)22)27-11-26-17/h3-9,12H,10-11H2,1-2H3/b19-8-. The van der Waals surface area contributed by atoms with Crippen LogP contribution in [0.1, 0.15) is 25.0 Å². The summed E-state index contributed by atoms with van der Waals surface area (Å²) in [4.78, 5) is 26.9. The lowest BCUT2D eigenvalue weighted by atomic mass is 10.1. The summed E-state index contributed by atoms with van der Waals surface area (Å²) in [6.45, 7) is 4.04. The summed E-state index contributed by atoms with van der Waals surface area (Å²) in [5.41, 5.74) is 1.36. The van der Waals surface area contributed by atoms with Crippen LogP contribution in [0.4, 0.5) is 4.79 Å². The molecule has 2 aromatic rings. The van der Waals surface area contributed by atoms with E-state index < -0.39 is 0 Å². The number of fused-ring (bicyclic) bond motifs is 1. The van der Waals surface area contributed by atoms with E-state index in [2.05, 4.69) is 0 Å². The number of carbonyl (C=O) groups excluding carboxylic acids is 2. The molecule has 0 aromatic heterocycles. The highest BCUT2D eigenvalue weighted by Crippen LogP contribution is 2.39. The zero-order valence-corrected chi connectivity index (χ0v) is 17.4. The zero-order valence-electron chi connectivity index (χ0n) is 15.8. The van der Waals surface area contributed by atoms with E-state index in [0.29, 0.717) is 32.7 Å². The first-order valence-electron chi connectivity index (χ1n) is 9.01. The summed E-state index contributed by atoms with van der Waals surface area (Å²) in [7, 11) is 0. The fraction of sp³-hybridized carbons (Fsp3) is 0.238. The van der Waals surface area contributed by atoms with E-state index in [1.54, 1.807) is 18.2 Å². The van der Waals surface area contributed by atoms with E-state index >= 15 is 0 Å². The molecule has 2 amide bonds. The number of hydrogen-bond donors (Lipinski definition) is 0. The molecule has 2 aliphatic rings. The van der Waals surface area contributed by atoms with Crippen LogP contribution in [-0.4, -0.2) is 28.9 Å². The molecule has 29 heavy (non-hydrogen) atoms. The highest BCUT2D eigenvalue weighted by atomic mass is 35.5. The number of halogens is 1. The van der Waals surface area contributed by atoms with Gasteiger partial charge >= 0.3 is 0 Å². The van der Waals surface area contributed by atoms with Gasteiger partial charge in [0.25, 0.3) is 11.1 Å². The number of carbonyl (C=O) groups is 2. The minimum absolute atomic E-state index is 0.00670. The number of imide groups is 1. The monoisotopic (exact) mass is 431 g/mol. The molecule has 150 valence electrons. The Balaban J connectivity index is 1.58. The molecule has 2 aliphatic heterocycles. The Morgan fingerprint density at radius 1 is 1.21 bits per heavy atom. The van der Waals surface area contributed by atoms with Crippen molar-refractivity contribution in [3.8, 4) is 17.2 Å². The molecule has 6 nitrogen and oxygen atoms in total. The fourth-order valence-electron chi connectivity index (χ4n) is 2.99. The number of ether oxygens (including phenoxy) is 3. The third-order valence-electron chi connectivity index (χ3n) is 4.31. The van der Waals surface area contributed by atoms with Crippen LogP contribution in [0.15, 0.2) is 41.3 Å². The van der Waals surface area contributed by atoms with Gasteiger partial charge in [0.05, 0.1) is 17.6 Å². The zero-order chi connectivity index (χ0) is 20.5. The molecule has 4 rings (SSSR count). The van der Waals surface area contributed by atoms with Gasteiger partial charge in [-0.2, -0.15) is 0 Å². The molecule has 0 N–H and O–H groups in total. The molecule has 0 aliphatic carbocycles. The van der Waals surface area contributed by atoms with Crippen LogP contribution in [0.5, 0.6) is 17.2 Å². The van der Waals surface area contributed by atoms with Gasteiger partial charge in [-0.05, 0) is 49.4 Å². The first-order chi connectivity index (χ1) is 13.9. The Hall–Kier alpha value is -2.64. The van der Waals surface area contributed by atoms with Gasteiger partial charge < -0.3 is 14.2 Å². The highest BCUT2D eigenvalue weighted by molar-refractivity contribution is 8.18. The van der Waals surface area contributed by atoms with Crippen LogP contribution in [0.3, 0.4) is 0 Å².